The molecule has 0 amide bonds. The number of aliphatic imine (C=N–C) groups is 1. The number of ether oxygens (including phenoxy) is 1. The van der Waals surface area contributed by atoms with Gasteiger partial charge in [-0.3, -0.25) is 4.99 Å². The van der Waals surface area contributed by atoms with Gasteiger partial charge in [-0.2, -0.15) is 0 Å². The van der Waals surface area contributed by atoms with Crippen molar-refractivity contribution in [2.75, 3.05) is 0 Å². The van der Waals surface area contributed by atoms with E-state index in [1.807, 2.05) is 30.3 Å². The van der Waals surface area contributed by atoms with Crippen LogP contribution in [0.3, 0.4) is 0 Å². The fraction of sp³-hybridized carbons (Fsp3) is 0.0714. The molecule has 0 saturated carbocycles. The lowest BCUT2D eigenvalue weighted by Gasteiger charge is -2.08. The molecule has 0 saturated heterocycles. The molecule has 2 nitrogen and oxygen atoms in total. The van der Waals surface area contributed by atoms with Crippen LogP contribution in [-0.4, -0.2) is 12.6 Å². The molecule has 0 aliphatic carbocycles. The van der Waals surface area contributed by atoms with Crippen molar-refractivity contribution in [3.63, 3.8) is 0 Å². The van der Waals surface area contributed by atoms with Crippen molar-refractivity contribution >= 4 is 11.9 Å². The van der Waals surface area contributed by atoms with Crippen LogP contribution < -0.4 is 4.74 Å². The first kappa shape index (κ1) is 13.1. The van der Waals surface area contributed by atoms with Crippen LogP contribution >= 0.6 is 0 Å². The fourth-order valence-corrected chi connectivity index (χ4v) is 1.42. The molecule has 0 atom stereocenters. The van der Waals surface area contributed by atoms with Gasteiger partial charge in [-0.1, -0.05) is 30.3 Å². The summed E-state index contributed by atoms with van der Waals surface area (Å²) in [6, 6.07) is 14.8. The number of hydrogen-bond acceptors (Lipinski definition) is 2. The Labute approximate surface area is 108 Å². The molecule has 0 aromatic heterocycles. The van der Waals surface area contributed by atoms with Crippen molar-refractivity contribution in [1.29, 1.82) is 0 Å². The van der Waals surface area contributed by atoms with Gasteiger partial charge in [0.05, 0.1) is 5.69 Å². The Morgan fingerprint density at radius 1 is 0.895 bits per heavy atom. The molecular formula is C14H10F3NO. The number of nitrogens with zero attached hydrogens (tertiary/aromatic N) is 1. The third kappa shape index (κ3) is 4.46. The number of benzene rings is 2. The molecule has 0 aliphatic rings. The van der Waals surface area contributed by atoms with Gasteiger partial charge in [0.1, 0.15) is 5.75 Å². The lowest BCUT2D eigenvalue weighted by molar-refractivity contribution is -0.274. The summed E-state index contributed by atoms with van der Waals surface area (Å²) in [5, 5.41) is 0. The Balaban J connectivity index is 2.05. The third-order valence-electron chi connectivity index (χ3n) is 2.23. The minimum atomic E-state index is -4.67. The van der Waals surface area contributed by atoms with Crippen LogP contribution in [0, 0.1) is 0 Å². The number of halogens is 3. The number of alkyl halides is 3. The normalized spacial score (nSPS) is 11.7. The molecule has 0 aliphatic heterocycles. The molecule has 2 aromatic carbocycles. The maximum absolute atomic E-state index is 12.0. The van der Waals surface area contributed by atoms with E-state index in [0.29, 0.717) is 5.69 Å². The van der Waals surface area contributed by atoms with Gasteiger partial charge >= 0.3 is 6.36 Å². The Morgan fingerprint density at radius 3 is 2.11 bits per heavy atom. The second kappa shape index (κ2) is 5.56. The predicted molar refractivity (Wildman–Crippen MR) is 66.8 cm³/mol. The largest absolute Gasteiger partial charge is 0.573 e. The second-order valence-corrected chi connectivity index (χ2v) is 3.71. The molecule has 2 rings (SSSR count). The van der Waals surface area contributed by atoms with Crippen LogP contribution in [0.5, 0.6) is 5.75 Å². The zero-order valence-electron chi connectivity index (χ0n) is 9.76. The summed E-state index contributed by atoms with van der Waals surface area (Å²) in [6.07, 6.45) is -3.03. The Morgan fingerprint density at radius 2 is 1.53 bits per heavy atom. The van der Waals surface area contributed by atoms with Crippen molar-refractivity contribution in [2.45, 2.75) is 6.36 Å². The highest BCUT2D eigenvalue weighted by Gasteiger charge is 2.30. The molecule has 19 heavy (non-hydrogen) atoms. The van der Waals surface area contributed by atoms with E-state index in [0.717, 1.165) is 5.56 Å². The van der Waals surface area contributed by atoms with Crippen LogP contribution in [-0.2, 0) is 0 Å². The number of hydrogen-bond donors (Lipinski definition) is 0. The Bertz CT molecular complexity index is 547. The average Bonchev–Trinajstić information content (AvgIpc) is 2.37. The first-order valence-corrected chi connectivity index (χ1v) is 5.48. The van der Waals surface area contributed by atoms with Gasteiger partial charge in [-0.05, 0) is 29.8 Å². The van der Waals surface area contributed by atoms with Crippen molar-refractivity contribution in [1.82, 2.24) is 0 Å². The molecule has 5 heteroatoms. The van der Waals surface area contributed by atoms with Crippen LogP contribution in [0.1, 0.15) is 5.56 Å². The van der Waals surface area contributed by atoms with E-state index in [1.54, 1.807) is 6.21 Å². The van der Waals surface area contributed by atoms with Crippen molar-refractivity contribution in [3.05, 3.63) is 60.2 Å². The Kier molecular flexibility index (Phi) is 3.85. The van der Waals surface area contributed by atoms with E-state index >= 15 is 0 Å². The van der Waals surface area contributed by atoms with Crippen LogP contribution in [0.4, 0.5) is 18.9 Å². The lowest BCUT2D eigenvalue weighted by atomic mass is 10.2. The minimum Gasteiger partial charge on any atom is -0.406 e. The molecule has 0 spiro atoms. The lowest BCUT2D eigenvalue weighted by Crippen LogP contribution is -2.16. The monoisotopic (exact) mass is 265 g/mol. The van der Waals surface area contributed by atoms with Gasteiger partial charge in [0.2, 0.25) is 0 Å². The SMILES string of the molecule is FC(F)(F)Oc1ccc(N=Cc2ccccc2)cc1. The highest BCUT2D eigenvalue weighted by molar-refractivity contribution is 5.81. The van der Waals surface area contributed by atoms with Gasteiger partial charge < -0.3 is 4.74 Å². The van der Waals surface area contributed by atoms with Crippen molar-refractivity contribution < 1.29 is 17.9 Å². The summed E-state index contributed by atoms with van der Waals surface area (Å²) in [5.74, 6) is -0.258. The molecule has 0 bridgehead atoms. The van der Waals surface area contributed by atoms with Gasteiger partial charge in [-0.15, -0.1) is 13.2 Å². The van der Waals surface area contributed by atoms with E-state index in [4.69, 9.17) is 0 Å². The quantitative estimate of drug-likeness (QED) is 0.757. The Hall–Kier alpha value is -2.30. The zero-order chi connectivity index (χ0) is 13.7. The smallest absolute Gasteiger partial charge is 0.406 e. The zero-order valence-corrected chi connectivity index (χ0v) is 9.76. The molecule has 0 heterocycles. The van der Waals surface area contributed by atoms with Crippen molar-refractivity contribution in [2.24, 2.45) is 4.99 Å². The summed E-state index contributed by atoms with van der Waals surface area (Å²) in [5.41, 5.74) is 1.47. The average molecular weight is 265 g/mol. The maximum atomic E-state index is 12.0. The van der Waals surface area contributed by atoms with Crippen LogP contribution in [0.15, 0.2) is 59.6 Å². The minimum absolute atomic E-state index is 0.258. The topological polar surface area (TPSA) is 21.6 Å². The van der Waals surface area contributed by atoms with E-state index in [2.05, 4.69) is 9.73 Å². The molecule has 98 valence electrons. The van der Waals surface area contributed by atoms with Gasteiger partial charge in [-0.25, -0.2) is 0 Å². The molecule has 0 N–H and O–H groups in total. The maximum Gasteiger partial charge on any atom is 0.573 e. The van der Waals surface area contributed by atoms with Gasteiger partial charge in [0, 0.05) is 6.21 Å². The van der Waals surface area contributed by atoms with E-state index in [1.165, 1.54) is 24.3 Å². The summed E-state index contributed by atoms with van der Waals surface area (Å²) < 4.78 is 39.6. The second-order valence-electron chi connectivity index (χ2n) is 3.71. The van der Waals surface area contributed by atoms with Crippen LogP contribution in [0.25, 0.3) is 0 Å². The standard InChI is InChI=1S/C14H10F3NO/c15-14(16,17)19-13-8-6-12(7-9-13)18-10-11-4-2-1-3-5-11/h1-10H. The van der Waals surface area contributed by atoms with Gasteiger partial charge in [0.15, 0.2) is 0 Å². The summed E-state index contributed by atoms with van der Waals surface area (Å²) in [4.78, 5) is 4.15. The third-order valence-corrected chi connectivity index (χ3v) is 2.23. The van der Waals surface area contributed by atoms with Crippen molar-refractivity contribution in [3.8, 4) is 5.75 Å². The molecule has 0 radical (unpaired) electrons. The summed E-state index contributed by atoms with van der Waals surface area (Å²) >= 11 is 0. The first-order chi connectivity index (χ1) is 9.03. The van der Waals surface area contributed by atoms with Gasteiger partial charge in [0.25, 0.3) is 0 Å². The number of rotatable bonds is 3. The molecular weight excluding hydrogens is 255 g/mol. The molecule has 0 unspecified atom stereocenters. The highest BCUT2D eigenvalue weighted by atomic mass is 19.4. The molecule has 2 aromatic rings. The van der Waals surface area contributed by atoms with E-state index < -0.39 is 6.36 Å². The molecule has 0 fully saturated rings. The first-order valence-electron chi connectivity index (χ1n) is 5.48. The van der Waals surface area contributed by atoms with E-state index in [-0.39, 0.29) is 5.75 Å². The predicted octanol–water partition coefficient (Wildman–Crippen LogP) is 4.34. The van der Waals surface area contributed by atoms with E-state index in [9.17, 15) is 13.2 Å². The highest BCUT2D eigenvalue weighted by Crippen LogP contribution is 2.24. The summed E-state index contributed by atoms with van der Waals surface area (Å²) in [6.45, 7) is 0. The summed E-state index contributed by atoms with van der Waals surface area (Å²) in [7, 11) is 0. The fourth-order valence-electron chi connectivity index (χ4n) is 1.42. The van der Waals surface area contributed by atoms with Crippen LogP contribution in [0.2, 0.25) is 0 Å².